The van der Waals surface area contributed by atoms with Crippen molar-refractivity contribution in [2.75, 3.05) is 13.2 Å². The summed E-state index contributed by atoms with van der Waals surface area (Å²) < 4.78 is 32.9. The van der Waals surface area contributed by atoms with Crippen LogP contribution in [0.25, 0.3) is 6.08 Å². The minimum atomic E-state index is -2.91. The molecule has 0 aliphatic carbocycles. The highest BCUT2D eigenvalue weighted by Gasteiger charge is 2.09. The molecule has 0 spiro atoms. The van der Waals surface area contributed by atoms with Gasteiger partial charge in [-0.15, -0.1) is 0 Å². The fourth-order valence-corrected chi connectivity index (χ4v) is 1.70. The van der Waals surface area contributed by atoms with Crippen molar-refractivity contribution in [3.8, 4) is 5.75 Å². The normalized spacial score (nSPS) is 10.6. The summed E-state index contributed by atoms with van der Waals surface area (Å²) in [5.74, 6) is -1.55. The second-order valence-corrected chi connectivity index (χ2v) is 5.05. The molecule has 0 fully saturated rings. The van der Waals surface area contributed by atoms with Crippen LogP contribution in [0.3, 0.4) is 0 Å². The molecule has 0 saturated carbocycles. The zero-order valence-electron chi connectivity index (χ0n) is 14.2. The standard InChI is InChI=1S/C17H20F2N2O5/c1-2-3-10-20-17(24)21-14(22)11-25-15(23)9-6-12-4-7-13(8-5-12)26-16(18)19/h4-9,16H,2-3,10-11H2,1H3,(H2,20,21,22,24)/b9-6+. The molecule has 1 aromatic rings. The van der Waals surface area contributed by atoms with Crippen LogP contribution in [-0.2, 0) is 14.3 Å². The van der Waals surface area contributed by atoms with Gasteiger partial charge in [0.05, 0.1) is 0 Å². The lowest BCUT2D eigenvalue weighted by molar-refractivity contribution is -0.143. The van der Waals surface area contributed by atoms with Crippen molar-refractivity contribution < 1.29 is 32.6 Å². The van der Waals surface area contributed by atoms with Crippen LogP contribution in [0.15, 0.2) is 30.3 Å². The number of ether oxygens (including phenoxy) is 2. The first-order chi connectivity index (χ1) is 12.4. The first-order valence-corrected chi connectivity index (χ1v) is 7.88. The summed E-state index contributed by atoms with van der Waals surface area (Å²) in [5.41, 5.74) is 0.545. The molecule has 0 bridgehead atoms. The van der Waals surface area contributed by atoms with E-state index in [1.807, 2.05) is 12.2 Å². The number of nitrogens with one attached hydrogen (secondary N) is 2. The Morgan fingerprint density at radius 2 is 1.88 bits per heavy atom. The Morgan fingerprint density at radius 3 is 2.50 bits per heavy atom. The third-order valence-corrected chi connectivity index (χ3v) is 2.93. The summed E-state index contributed by atoms with van der Waals surface area (Å²) in [7, 11) is 0. The van der Waals surface area contributed by atoms with Crippen LogP contribution in [0.5, 0.6) is 5.75 Å². The Hall–Kier alpha value is -2.97. The van der Waals surface area contributed by atoms with Crippen LogP contribution in [-0.4, -0.2) is 37.7 Å². The number of esters is 1. The quantitative estimate of drug-likeness (QED) is 0.396. The van der Waals surface area contributed by atoms with Crippen LogP contribution in [0, 0.1) is 0 Å². The molecule has 0 aliphatic rings. The lowest BCUT2D eigenvalue weighted by atomic mass is 10.2. The molecule has 26 heavy (non-hydrogen) atoms. The average molecular weight is 370 g/mol. The summed E-state index contributed by atoms with van der Waals surface area (Å²) in [6.07, 6.45) is 4.14. The Kier molecular flexibility index (Phi) is 9.37. The molecule has 7 nitrogen and oxygen atoms in total. The minimum absolute atomic E-state index is 0.00592. The van der Waals surface area contributed by atoms with Crippen molar-refractivity contribution in [3.63, 3.8) is 0 Å². The summed E-state index contributed by atoms with van der Waals surface area (Å²) in [6, 6.07) is 4.92. The number of rotatable bonds is 9. The van der Waals surface area contributed by atoms with Gasteiger partial charge in [0.15, 0.2) is 6.61 Å². The van der Waals surface area contributed by atoms with Crippen molar-refractivity contribution in [1.29, 1.82) is 0 Å². The fraction of sp³-hybridized carbons (Fsp3) is 0.353. The van der Waals surface area contributed by atoms with E-state index in [4.69, 9.17) is 0 Å². The smallest absolute Gasteiger partial charge is 0.387 e. The van der Waals surface area contributed by atoms with Gasteiger partial charge in [-0.2, -0.15) is 8.78 Å². The van der Waals surface area contributed by atoms with Gasteiger partial charge < -0.3 is 14.8 Å². The highest BCUT2D eigenvalue weighted by molar-refractivity contribution is 5.96. The predicted octanol–water partition coefficient (Wildman–Crippen LogP) is 2.47. The number of imide groups is 1. The average Bonchev–Trinajstić information content (AvgIpc) is 2.59. The van der Waals surface area contributed by atoms with Crippen molar-refractivity contribution in [3.05, 3.63) is 35.9 Å². The van der Waals surface area contributed by atoms with Gasteiger partial charge >= 0.3 is 18.6 Å². The summed E-state index contributed by atoms with van der Waals surface area (Å²) >= 11 is 0. The van der Waals surface area contributed by atoms with Crippen LogP contribution >= 0.6 is 0 Å². The Morgan fingerprint density at radius 1 is 1.19 bits per heavy atom. The van der Waals surface area contributed by atoms with Gasteiger partial charge in [-0.1, -0.05) is 25.5 Å². The molecule has 0 unspecified atom stereocenters. The van der Waals surface area contributed by atoms with Gasteiger partial charge in [-0.3, -0.25) is 10.1 Å². The van der Waals surface area contributed by atoms with Gasteiger partial charge in [0.2, 0.25) is 0 Å². The molecule has 0 saturated heterocycles. The van der Waals surface area contributed by atoms with E-state index < -0.39 is 31.1 Å². The number of halogens is 2. The third-order valence-electron chi connectivity index (χ3n) is 2.93. The van der Waals surface area contributed by atoms with Crippen molar-refractivity contribution in [1.82, 2.24) is 10.6 Å². The molecule has 0 aromatic heterocycles. The Labute approximate surface area is 149 Å². The van der Waals surface area contributed by atoms with E-state index in [9.17, 15) is 23.2 Å². The molecular formula is C17H20F2N2O5. The Balaban J connectivity index is 2.33. The number of alkyl halides is 2. The molecule has 0 heterocycles. The molecule has 9 heteroatoms. The summed E-state index contributed by atoms with van der Waals surface area (Å²) in [5, 5.41) is 4.51. The molecule has 0 radical (unpaired) electrons. The van der Waals surface area contributed by atoms with E-state index in [-0.39, 0.29) is 5.75 Å². The van der Waals surface area contributed by atoms with Crippen LogP contribution < -0.4 is 15.4 Å². The number of carbonyl (C=O) groups is 3. The molecule has 142 valence electrons. The summed E-state index contributed by atoms with van der Waals surface area (Å²) in [4.78, 5) is 34.3. The lowest BCUT2D eigenvalue weighted by Crippen LogP contribution is -2.41. The SMILES string of the molecule is CCCCNC(=O)NC(=O)COC(=O)/C=C/c1ccc(OC(F)F)cc1. The summed E-state index contributed by atoms with van der Waals surface area (Å²) in [6.45, 7) is -1.11. The van der Waals surface area contributed by atoms with Crippen LogP contribution in [0.1, 0.15) is 25.3 Å². The van der Waals surface area contributed by atoms with Gasteiger partial charge in [-0.25, -0.2) is 9.59 Å². The largest absolute Gasteiger partial charge is 0.452 e. The number of benzene rings is 1. The second-order valence-electron chi connectivity index (χ2n) is 5.05. The number of hydrogen-bond acceptors (Lipinski definition) is 5. The van der Waals surface area contributed by atoms with Crippen LogP contribution in [0.2, 0.25) is 0 Å². The first kappa shape index (κ1) is 21.1. The lowest BCUT2D eigenvalue weighted by Gasteiger charge is -2.06. The predicted molar refractivity (Wildman–Crippen MR) is 89.5 cm³/mol. The highest BCUT2D eigenvalue weighted by Crippen LogP contribution is 2.15. The number of amides is 3. The monoisotopic (exact) mass is 370 g/mol. The topological polar surface area (TPSA) is 93.7 Å². The van der Waals surface area contributed by atoms with E-state index in [1.165, 1.54) is 30.3 Å². The molecule has 0 atom stereocenters. The van der Waals surface area contributed by atoms with Gasteiger partial charge in [-0.05, 0) is 30.2 Å². The number of carbonyl (C=O) groups excluding carboxylic acids is 3. The van der Waals surface area contributed by atoms with Crippen molar-refractivity contribution in [2.24, 2.45) is 0 Å². The molecule has 1 aromatic carbocycles. The van der Waals surface area contributed by atoms with E-state index >= 15 is 0 Å². The zero-order chi connectivity index (χ0) is 19.4. The number of urea groups is 1. The molecule has 3 amide bonds. The minimum Gasteiger partial charge on any atom is -0.452 e. The first-order valence-electron chi connectivity index (χ1n) is 7.88. The van der Waals surface area contributed by atoms with E-state index in [2.05, 4.69) is 14.8 Å². The molecular weight excluding hydrogens is 350 g/mol. The Bertz CT molecular complexity index is 633. The van der Waals surface area contributed by atoms with Crippen LogP contribution in [0.4, 0.5) is 13.6 Å². The van der Waals surface area contributed by atoms with Crippen molar-refractivity contribution >= 4 is 24.0 Å². The maximum Gasteiger partial charge on any atom is 0.387 e. The second kappa shape index (κ2) is 11.6. The van der Waals surface area contributed by atoms with Gasteiger partial charge in [0, 0.05) is 12.6 Å². The van der Waals surface area contributed by atoms with E-state index in [0.29, 0.717) is 12.1 Å². The fourth-order valence-electron chi connectivity index (χ4n) is 1.70. The maximum absolute atomic E-state index is 12.0. The zero-order valence-corrected chi connectivity index (χ0v) is 14.2. The molecule has 0 aliphatic heterocycles. The van der Waals surface area contributed by atoms with E-state index in [1.54, 1.807) is 0 Å². The highest BCUT2D eigenvalue weighted by atomic mass is 19.3. The number of hydrogen-bond donors (Lipinski definition) is 2. The van der Waals surface area contributed by atoms with Crippen molar-refractivity contribution in [2.45, 2.75) is 26.4 Å². The molecule has 2 N–H and O–H groups in total. The number of unbranched alkanes of at least 4 members (excludes halogenated alkanes) is 1. The van der Waals surface area contributed by atoms with E-state index in [0.717, 1.165) is 18.9 Å². The van der Waals surface area contributed by atoms with Gasteiger partial charge in [0.1, 0.15) is 5.75 Å². The maximum atomic E-state index is 12.0. The third kappa shape index (κ3) is 9.36. The van der Waals surface area contributed by atoms with Gasteiger partial charge in [0.25, 0.3) is 5.91 Å². The molecule has 1 rings (SSSR count).